The quantitative estimate of drug-likeness (QED) is 0.302. The van der Waals surface area contributed by atoms with E-state index in [1.54, 1.807) is 0 Å². The molecule has 2 aliphatic rings. The van der Waals surface area contributed by atoms with Crippen molar-refractivity contribution in [1.82, 2.24) is 15.5 Å². The van der Waals surface area contributed by atoms with E-state index in [-0.39, 0.29) is 30.1 Å². The summed E-state index contributed by atoms with van der Waals surface area (Å²) in [7, 11) is 0. The third-order valence-electron chi connectivity index (χ3n) is 4.75. The molecule has 1 saturated carbocycles. The van der Waals surface area contributed by atoms with Crippen molar-refractivity contribution in [2.24, 2.45) is 10.9 Å². The monoisotopic (exact) mass is 468 g/mol. The number of guanidine groups is 1. The molecule has 7 heteroatoms. The molecule has 0 spiro atoms. The number of nitrogens with zero attached hydrogens (tertiary/aromatic N) is 2. The second-order valence-electron chi connectivity index (χ2n) is 7.65. The highest BCUT2D eigenvalue weighted by Gasteiger charge is 2.30. The molecule has 0 aromatic rings. The number of aliphatic hydroxyl groups is 1. The first-order valence-corrected chi connectivity index (χ1v) is 9.59. The third-order valence-corrected chi connectivity index (χ3v) is 4.75. The van der Waals surface area contributed by atoms with Crippen molar-refractivity contribution in [3.63, 3.8) is 0 Å². The van der Waals surface area contributed by atoms with E-state index < -0.39 is 5.60 Å². The van der Waals surface area contributed by atoms with Gasteiger partial charge >= 0.3 is 0 Å². The lowest BCUT2D eigenvalue weighted by Crippen LogP contribution is -2.50. The van der Waals surface area contributed by atoms with Crippen molar-refractivity contribution in [3.8, 4) is 0 Å². The van der Waals surface area contributed by atoms with Gasteiger partial charge in [0.05, 0.1) is 24.9 Å². The molecule has 1 heterocycles. The van der Waals surface area contributed by atoms with Crippen molar-refractivity contribution in [2.75, 3.05) is 45.9 Å². The molecule has 1 aliphatic heterocycles. The molecule has 1 unspecified atom stereocenters. The molecule has 1 saturated heterocycles. The van der Waals surface area contributed by atoms with Crippen LogP contribution in [0.25, 0.3) is 0 Å². The van der Waals surface area contributed by atoms with E-state index in [9.17, 15) is 5.11 Å². The maximum Gasteiger partial charge on any atom is 0.191 e. The maximum absolute atomic E-state index is 10.4. The van der Waals surface area contributed by atoms with E-state index in [4.69, 9.17) is 4.74 Å². The van der Waals surface area contributed by atoms with Crippen LogP contribution >= 0.6 is 24.0 Å². The largest absolute Gasteiger partial charge is 0.388 e. The molecule has 148 valence electrons. The molecule has 0 bridgehead atoms. The minimum absolute atomic E-state index is 0. The second-order valence-corrected chi connectivity index (χ2v) is 7.65. The summed E-state index contributed by atoms with van der Waals surface area (Å²) in [5.74, 6) is 1.46. The average molecular weight is 468 g/mol. The van der Waals surface area contributed by atoms with Gasteiger partial charge in [-0.3, -0.25) is 9.89 Å². The van der Waals surface area contributed by atoms with Crippen LogP contribution in [-0.4, -0.2) is 73.5 Å². The predicted octanol–water partition coefficient (Wildman–Crippen LogP) is 1.82. The number of halogens is 1. The molecule has 6 nitrogen and oxygen atoms in total. The van der Waals surface area contributed by atoms with Gasteiger partial charge in [0.25, 0.3) is 0 Å². The van der Waals surface area contributed by atoms with Gasteiger partial charge < -0.3 is 20.5 Å². The topological polar surface area (TPSA) is 69.1 Å². The Labute approximate surface area is 170 Å². The van der Waals surface area contributed by atoms with Crippen LogP contribution < -0.4 is 10.6 Å². The summed E-state index contributed by atoms with van der Waals surface area (Å²) in [4.78, 5) is 7.07. The molecular formula is C18H37IN4O2. The fraction of sp³-hybridized carbons (Fsp3) is 0.944. The highest BCUT2D eigenvalue weighted by Crippen LogP contribution is 2.29. The number of morpholine rings is 1. The summed E-state index contributed by atoms with van der Waals surface area (Å²) in [6.07, 6.45) is 4.14. The van der Waals surface area contributed by atoms with Gasteiger partial charge in [0, 0.05) is 32.7 Å². The standard InChI is InChI=1S/C18H36N4O2.HI/c1-4-19-17(21-14-18(23)7-5-6-8-18)20-11-16-13-22(9-10-24-16)12-15(2)3;/h15-16,23H,4-14H2,1-3H3,(H2,19,20,21);1H. The van der Waals surface area contributed by atoms with E-state index in [2.05, 4.69) is 41.3 Å². The average Bonchev–Trinajstić information content (AvgIpc) is 2.97. The molecule has 0 radical (unpaired) electrons. The van der Waals surface area contributed by atoms with Gasteiger partial charge in [-0.05, 0) is 25.7 Å². The van der Waals surface area contributed by atoms with Gasteiger partial charge in [0.15, 0.2) is 5.96 Å². The highest BCUT2D eigenvalue weighted by molar-refractivity contribution is 14.0. The van der Waals surface area contributed by atoms with Crippen LogP contribution in [0.1, 0.15) is 46.5 Å². The zero-order valence-electron chi connectivity index (χ0n) is 16.1. The van der Waals surface area contributed by atoms with Gasteiger partial charge in [0.1, 0.15) is 0 Å². The Hall–Kier alpha value is -0.120. The number of hydrogen-bond acceptors (Lipinski definition) is 4. The van der Waals surface area contributed by atoms with Crippen molar-refractivity contribution >= 4 is 29.9 Å². The number of ether oxygens (including phenoxy) is 1. The summed E-state index contributed by atoms with van der Waals surface area (Å²) >= 11 is 0. The number of rotatable bonds is 7. The SMILES string of the molecule is CCNC(=NCC1(O)CCCC1)NCC1CN(CC(C)C)CCO1.I. The molecule has 0 amide bonds. The summed E-state index contributed by atoms with van der Waals surface area (Å²) in [6, 6.07) is 0. The zero-order chi connectivity index (χ0) is 17.4. The van der Waals surface area contributed by atoms with E-state index >= 15 is 0 Å². The predicted molar refractivity (Wildman–Crippen MR) is 114 cm³/mol. The molecule has 1 atom stereocenters. The number of nitrogens with one attached hydrogen (secondary N) is 2. The van der Waals surface area contributed by atoms with Crippen LogP contribution in [0.4, 0.5) is 0 Å². The van der Waals surface area contributed by atoms with E-state index in [0.717, 1.165) is 71.0 Å². The fourth-order valence-corrected chi connectivity index (χ4v) is 3.56. The number of hydrogen-bond donors (Lipinski definition) is 3. The van der Waals surface area contributed by atoms with Gasteiger partial charge in [-0.15, -0.1) is 24.0 Å². The van der Waals surface area contributed by atoms with Crippen LogP contribution in [0.3, 0.4) is 0 Å². The molecule has 2 fully saturated rings. The molecule has 2 rings (SSSR count). The molecule has 25 heavy (non-hydrogen) atoms. The minimum atomic E-state index is -0.599. The second kappa shape index (κ2) is 11.6. The van der Waals surface area contributed by atoms with Gasteiger partial charge in [-0.1, -0.05) is 26.7 Å². The van der Waals surface area contributed by atoms with Crippen molar-refractivity contribution < 1.29 is 9.84 Å². The molecular weight excluding hydrogens is 431 g/mol. The van der Waals surface area contributed by atoms with Crippen LogP contribution in [0.15, 0.2) is 4.99 Å². The molecule has 0 aromatic carbocycles. The van der Waals surface area contributed by atoms with Gasteiger partial charge in [-0.2, -0.15) is 0 Å². The Kier molecular flexibility index (Phi) is 10.6. The van der Waals surface area contributed by atoms with E-state index in [1.165, 1.54) is 0 Å². The Bertz CT molecular complexity index is 401. The fourth-order valence-electron chi connectivity index (χ4n) is 3.56. The Morgan fingerprint density at radius 2 is 2.04 bits per heavy atom. The summed E-state index contributed by atoms with van der Waals surface area (Å²) in [5.41, 5.74) is -0.599. The Morgan fingerprint density at radius 3 is 2.68 bits per heavy atom. The van der Waals surface area contributed by atoms with E-state index in [0.29, 0.717) is 12.5 Å². The molecule has 3 N–H and O–H groups in total. The van der Waals surface area contributed by atoms with Crippen molar-refractivity contribution in [2.45, 2.75) is 58.2 Å². The van der Waals surface area contributed by atoms with Crippen molar-refractivity contribution in [1.29, 1.82) is 0 Å². The first-order chi connectivity index (χ1) is 11.5. The van der Waals surface area contributed by atoms with Gasteiger partial charge in [0.2, 0.25) is 0 Å². The first-order valence-electron chi connectivity index (χ1n) is 9.59. The summed E-state index contributed by atoms with van der Waals surface area (Å²) in [6.45, 7) is 12.5. The highest BCUT2D eigenvalue weighted by atomic mass is 127. The normalized spacial score (nSPS) is 24.2. The first kappa shape index (κ1) is 22.9. The smallest absolute Gasteiger partial charge is 0.191 e. The van der Waals surface area contributed by atoms with E-state index in [1.807, 2.05) is 0 Å². The Morgan fingerprint density at radius 1 is 1.32 bits per heavy atom. The van der Waals surface area contributed by atoms with Crippen LogP contribution in [0, 0.1) is 5.92 Å². The Balaban J connectivity index is 0.00000312. The maximum atomic E-state index is 10.4. The van der Waals surface area contributed by atoms with Crippen LogP contribution in [0.2, 0.25) is 0 Å². The van der Waals surface area contributed by atoms with Crippen LogP contribution in [0.5, 0.6) is 0 Å². The number of aliphatic imine (C=N–C) groups is 1. The minimum Gasteiger partial charge on any atom is -0.388 e. The van der Waals surface area contributed by atoms with Crippen LogP contribution in [-0.2, 0) is 4.74 Å². The lowest BCUT2D eigenvalue weighted by atomic mass is 10.0. The lowest BCUT2D eigenvalue weighted by Gasteiger charge is -2.34. The molecule has 0 aromatic heterocycles. The van der Waals surface area contributed by atoms with Gasteiger partial charge in [-0.25, -0.2) is 0 Å². The van der Waals surface area contributed by atoms with Crippen molar-refractivity contribution in [3.05, 3.63) is 0 Å². The third kappa shape index (κ3) is 8.41. The lowest BCUT2D eigenvalue weighted by molar-refractivity contribution is -0.0284. The summed E-state index contributed by atoms with van der Waals surface area (Å²) in [5, 5.41) is 17.1. The summed E-state index contributed by atoms with van der Waals surface area (Å²) < 4.78 is 5.88. The zero-order valence-corrected chi connectivity index (χ0v) is 18.4. The molecule has 1 aliphatic carbocycles.